The molecule has 0 spiro atoms. The summed E-state index contributed by atoms with van der Waals surface area (Å²) in [4.78, 5) is 30.9. The molecule has 6 nitrogen and oxygen atoms in total. The van der Waals surface area contributed by atoms with Crippen LogP contribution in [0.3, 0.4) is 0 Å². The van der Waals surface area contributed by atoms with Gasteiger partial charge in [-0.1, -0.05) is 42.0 Å². The van der Waals surface area contributed by atoms with Crippen molar-refractivity contribution < 1.29 is 9.59 Å². The van der Waals surface area contributed by atoms with Gasteiger partial charge in [-0.2, -0.15) is 0 Å². The third-order valence-corrected chi connectivity index (χ3v) is 6.19. The topological polar surface area (TPSA) is 73.8 Å². The molecule has 1 aromatic carbocycles. The molecule has 3 aliphatic rings. The number of amides is 2. The van der Waals surface area contributed by atoms with E-state index >= 15 is 0 Å². The summed E-state index contributed by atoms with van der Waals surface area (Å²) in [6.07, 6.45) is 5.18. The van der Waals surface area contributed by atoms with Crippen molar-refractivity contribution in [2.75, 3.05) is 20.1 Å². The Labute approximate surface area is 186 Å². The second-order valence-electron chi connectivity index (χ2n) is 7.27. The zero-order valence-corrected chi connectivity index (χ0v) is 18.7. The molecule has 1 heterocycles. The predicted molar refractivity (Wildman–Crippen MR) is 120 cm³/mol. The molecule has 2 fully saturated rings. The van der Waals surface area contributed by atoms with Crippen LogP contribution in [0.15, 0.2) is 41.4 Å². The van der Waals surface area contributed by atoms with E-state index in [0.29, 0.717) is 30.6 Å². The quantitative estimate of drug-likeness (QED) is 0.208. The number of carbonyl (C=O) groups excluding carboxylic acids is 2. The number of nitrogens with zero attached hydrogens (tertiary/aromatic N) is 2. The van der Waals surface area contributed by atoms with Gasteiger partial charge in [0.25, 0.3) is 0 Å². The fraction of sp³-hybridized carbons (Fsp3) is 0.450. The number of carbonyl (C=O) groups is 2. The Bertz CT molecular complexity index is 798. The summed E-state index contributed by atoms with van der Waals surface area (Å²) < 4.78 is 0. The number of allylic oxidation sites excluding steroid dienone is 2. The zero-order valence-electron chi connectivity index (χ0n) is 15.6. The average molecular weight is 515 g/mol. The van der Waals surface area contributed by atoms with Crippen LogP contribution in [0.5, 0.6) is 0 Å². The highest BCUT2D eigenvalue weighted by atomic mass is 127. The number of rotatable bonds is 5. The molecule has 1 saturated carbocycles. The number of nitrogens with one attached hydrogen (secondary N) is 2. The van der Waals surface area contributed by atoms with Crippen molar-refractivity contribution in [2.24, 2.45) is 28.7 Å². The average Bonchev–Trinajstić information content (AvgIpc) is 3.35. The molecule has 1 aliphatic heterocycles. The molecule has 28 heavy (non-hydrogen) atoms. The second-order valence-corrected chi connectivity index (χ2v) is 7.68. The first-order valence-electron chi connectivity index (χ1n) is 9.31. The molecule has 150 valence electrons. The Balaban J connectivity index is 0.00000225. The van der Waals surface area contributed by atoms with Crippen LogP contribution in [0, 0.1) is 23.7 Å². The molecule has 8 heteroatoms. The smallest absolute Gasteiger partial charge is 0.233 e. The third-order valence-electron chi connectivity index (χ3n) is 5.82. The summed E-state index contributed by atoms with van der Waals surface area (Å²) in [6, 6.07) is 7.62. The summed E-state index contributed by atoms with van der Waals surface area (Å²) >= 11 is 6.16. The number of imide groups is 1. The molecule has 2 N–H and O–H groups in total. The van der Waals surface area contributed by atoms with Gasteiger partial charge in [-0.05, 0) is 29.9 Å². The fourth-order valence-corrected chi connectivity index (χ4v) is 4.71. The number of fused-ring (bicyclic) bond motifs is 5. The van der Waals surface area contributed by atoms with Gasteiger partial charge in [-0.25, -0.2) is 0 Å². The highest BCUT2D eigenvalue weighted by Gasteiger charge is 2.58. The molecule has 4 rings (SSSR count). The number of halogens is 2. The van der Waals surface area contributed by atoms with Gasteiger partial charge < -0.3 is 10.6 Å². The Hall–Kier alpha value is -1.61. The lowest BCUT2D eigenvalue weighted by molar-refractivity contribution is -0.140. The molecule has 4 unspecified atom stereocenters. The first-order chi connectivity index (χ1) is 13.1. The molecule has 2 aliphatic carbocycles. The highest BCUT2D eigenvalue weighted by molar-refractivity contribution is 14.0. The molecule has 2 bridgehead atoms. The summed E-state index contributed by atoms with van der Waals surface area (Å²) in [5, 5.41) is 7.06. The van der Waals surface area contributed by atoms with Crippen LogP contribution in [0.4, 0.5) is 0 Å². The van der Waals surface area contributed by atoms with Crippen molar-refractivity contribution in [3.63, 3.8) is 0 Å². The maximum absolute atomic E-state index is 12.7. The van der Waals surface area contributed by atoms with E-state index in [-0.39, 0.29) is 59.5 Å². The van der Waals surface area contributed by atoms with Crippen LogP contribution in [0.25, 0.3) is 0 Å². The maximum atomic E-state index is 12.7. The van der Waals surface area contributed by atoms with Crippen LogP contribution >= 0.6 is 35.6 Å². The number of aliphatic imine (C=N–C) groups is 1. The summed E-state index contributed by atoms with van der Waals surface area (Å²) in [5.41, 5.74) is 0.975. The molecule has 1 saturated heterocycles. The summed E-state index contributed by atoms with van der Waals surface area (Å²) in [7, 11) is 1.68. The van der Waals surface area contributed by atoms with Crippen molar-refractivity contribution in [1.82, 2.24) is 15.5 Å². The Morgan fingerprint density at radius 2 is 1.79 bits per heavy atom. The van der Waals surface area contributed by atoms with Gasteiger partial charge in [0.15, 0.2) is 5.96 Å². The largest absolute Gasteiger partial charge is 0.355 e. The van der Waals surface area contributed by atoms with E-state index in [1.165, 1.54) is 4.90 Å². The standard InChI is InChI=1S/C20H23ClN4O2.HI/c1-22-20(24-11-14-4-2-3-5-15(14)21)23-8-9-25-18(26)16-12-6-7-13(10-12)17(16)19(25)27;/h2-7,12-13,16-17H,8-11H2,1H3,(H2,22,23,24);1H. The van der Waals surface area contributed by atoms with Crippen molar-refractivity contribution >= 4 is 53.4 Å². The predicted octanol–water partition coefficient (Wildman–Crippen LogP) is 2.43. The molecule has 2 amide bonds. The van der Waals surface area contributed by atoms with Crippen molar-refractivity contribution in [3.05, 3.63) is 47.0 Å². The van der Waals surface area contributed by atoms with Crippen molar-refractivity contribution in [3.8, 4) is 0 Å². The molecular formula is C20H24ClIN4O2. The lowest BCUT2D eigenvalue weighted by atomic mass is 9.85. The second kappa shape index (κ2) is 8.82. The van der Waals surface area contributed by atoms with E-state index in [1.54, 1.807) is 7.05 Å². The van der Waals surface area contributed by atoms with Crippen LogP contribution in [-0.2, 0) is 16.1 Å². The first kappa shape index (κ1) is 21.1. The van der Waals surface area contributed by atoms with Crippen molar-refractivity contribution in [1.29, 1.82) is 0 Å². The minimum atomic E-state index is -0.134. The number of benzene rings is 1. The fourth-order valence-electron chi connectivity index (χ4n) is 4.51. The van der Waals surface area contributed by atoms with E-state index in [1.807, 2.05) is 24.3 Å². The van der Waals surface area contributed by atoms with Gasteiger partial charge >= 0.3 is 0 Å². The number of guanidine groups is 1. The van der Waals surface area contributed by atoms with Gasteiger partial charge in [0.2, 0.25) is 11.8 Å². The lowest BCUT2D eigenvalue weighted by Gasteiger charge is -2.18. The van der Waals surface area contributed by atoms with E-state index in [4.69, 9.17) is 11.6 Å². The lowest BCUT2D eigenvalue weighted by Crippen LogP contribution is -2.43. The maximum Gasteiger partial charge on any atom is 0.233 e. The van der Waals surface area contributed by atoms with Crippen LogP contribution in [-0.4, -0.2) is 42.8 Å². The van der Waals surface area contributed by atoms with E-state index < -0.39 is 0 Å². The minimum absolute atomic E-state index is 0. The molecule has 4 atom stereocenters. The minimum Gasteiger partial charge on any atom is -0.355 e. The summed E-state index contributed by atoms with van der Waals surface area (Å²) in [5.74, 6) is 0.815. The Morgan fingerprint density at radius 3 is 2.39 bits per heavy atom. The van der Waals surface area contributed by atoms with E-state index in [9.17, 15) is 9.59 Å². The van der Waals surface area contributed by atoms with Gasteiger partial charge in [-0.15, -0.1) is 24.0 Å². The SMILES string of the molecule is CN=C(NCCN1C(=O)C2C3C=CC(C3)C2C1=O)NCc1ccccc1Cl.I. The van der Waals surface area contributed by atoms with Gasteiger partial charge in [0.05, 0.1) is 11.8 Å². The number of likely N-dealkylation sites (tertiary alicyclic amines) is 1. The Kier molecular flexibility index (Phi) is 6.65. The third kappa shape index (κ3) is 3.78. The van der Waals surface area contributed by atoms with E-state index in [0.717, 1.165) is 12.0 Å². The molecular weight excluding hydrogens is 491 g/mol. The Morgan fingerprint density at radius 1 is 1.14 bits per heavy atom. The monoisotopic (exact) mass is 514 g/mol. The number of hydrogen-bond acceptors (Lipinski definition) is 3. The van der Waals surface area contributed by atoms with Crippen LogP contribution in [0.1, 0.15) is 12.0 Å². The summed E-state index contributed by atoms with van der Waals surface area (Å²) in [6.45, 7) is 1.36. The number of hydrogen-bond donors (Lipinski definition) is 2. The molecule has 1 aromatic rings. The van der Waals surface area contributed by atoms with Gasteiger partial charge in [-0.3, -0.25) is 19.5 Å². The highest BCUT2D eigenvalue weighted by Crippen LogP contribution is 2.52. The molecule has 0 radical (unpaired) electrons. The molecule has 0 aromatic heterocycles. The first-order valence-corrected chi connectivity index (χ1v) is 9.69. The van der Waals surface area contributed by atoms with Gasteiger partial charge in [0, 0.05) is 31.7 Å². The van der Waals surface area contributed by atoms with Crippen LogP contribution < -0.4 is 10.6 Å². The normalized spacial score (nSPS) is 27.8. The van der Waals surface area contributed by atoms with Crippen LogP contribution in [0.2, 0.25) is 5.02 Å². The van der Waals surface area contributed by atoms with E-state index in [2.05, 4.69) is 27.8 Å². The van der Waals surface area contributed by atoms with Gasteiger partial charge in [0.1, 0.15) is 0 Å². The zero-order chi connectivity index (χ0) is 19.0. The van der Waals surface area contributed by atoms with Crippen molar-refractivity contribution in [2.45, 2.75) is 13.0 Å².